The normalized spacial score (nSPS) is 10.5. The van der Waals surface area contributed by atoms with Gasteiger partial charge in [-0.05, 0) is 38.0 Å². The third kappa shape index (κ3) is 4.43. The van der Waals surface area contributed by atoms with Crippen molar-refractivity contribution in [3.8, 4) is 0 Å². The maximum absolute atomic E-state index is 12.7. The van der Waals surface area contributed by atoms with Crippen molar-refractivity contribution in [2.75, 3.05) is 19.7 Å². The summed E-state index contributed by atoms with van der Waals surface area (Å²) in [5.41, 5.74) is 4.04. The Morgan fingerprint density at radius 3 is 2.23 bits per heavy atom. The molecule has 0 heterocycles. The summed E-state index contributed by atoms with van der Waals surface area (Å²) >= 11 is 0. The Balaban J connectivity index is 2.10. The minimum Gasteiger partial charge on any atom is -0.395 e. The van der Waals surface area contributed by atoms with Gasteiger partial charge in [-0.1, -0.05) is 47.5 Å². The highest BCUT2D eigenvalue weighted by atomic mass is 16.3. The first kappa shape index (κ1) is 16.2. The molecule has 0 aromatic heterocycles. The summed E-state index contributed by atoms with van der Waals surface area (Å²) < 4.78 is 0. The van der Waals surface area contributed by atoms with Crippen molar-refractivity contribution >= 4 is 5.91 Å². The van der Waals surface area contributed by atoms with Crippen molar-refractivity contribution in [3.63, 3.8) is 0 Å². The molecule has 0 fully saturated rings. The molecule has 116 valence electrons. The molecule has 1 amide bonds. The molecular weight excluding hydrogens is 274 g/mol. The van der Waals surface area contributed by atoms with Gasteiger partial charge in [0.05, 0.1) is 6.61 Å². The topological polar surface area (TPSA) is 40.5 Å². The molecule has 2 aromatic rings. The molecule has 1 N–H and O–H groups in total. The SMILES string of the molecule is Cc1cc(C)cc(C(=O)N(CCO)CCc2ccccc2)c1. The highest BCUT2D eigenvalue weighted by molar-refractivity contribution is 5.94. The lowest BCUT2D eigenvalue weighted by Crippen LogP contribution is -2.35. The van der Waals surface area contributed by atoms with Crippen molar-refractivity contribution in [1.82, 2.24) is 4.90 Å². The molecule has 22 heavy (non-hydrogen) atoms. The third-order valence-electron chi connectivity index (χ3n) is 3.64. The van der Waals surface area contributed by atoms with Gasteiger partial charge >= 0.3 is 0 Å². The molecule has 3 nitrogen and oxygen atoms in total. The highest BCUT2D eigenvalue weighted by Crippen LogP contribution is 2.12. The summed E-state index contributed by atoms with van der Waals surface area (Å²) in [5, 5.41) is 9.24. The van der Waals surface area contributed by atoms with E-state index in [9.17, 15) is 9.90 Å². The second kappa shape index (κ2) is 7.76. The van der Waals surface area contributed by atoms with Gasteiger partial charge in [0.25, 0.3) is 5.91 Å². The summed E-state index contributed by atoms with van der Waals surface area (Å²) in [6.07, 6.45) is 0.789. The van der Waals surface area contributed by atoms with Crippen LogP contribution in [0.4, 0.5) is 0 Å². The van der Waals surface area contributed by atoms with E-state index in [1.165, 1.54) is 5.56 Å². The number of aliphatic hydroxyl groups excluding tert-OH is 1. The van der Waals surface area contributed by atoms with Crippen LogP contribution in [-0.4, -0.2) is 35.6 Å². The monoisotopic (exact) mass is 297 g/mol. The van der Waals surface area contributed by atoms with Crippen LogP contribution >= 0.6 is 0 Å². The molecule has 3 heteroatoms. The third-order valence-corrected chi connectivity index (χ3v) is 3.64. The second-order valence-electron chi connectivity index (χ2n) is 5.63. The van der Waals surface area contributed by atoms with Crippen LogP contribution in [0.2, 0.25) is 0 Å². The first-order valence-corrected chi connectivity index (χ1v) is 7.62. The molecule has 0 saturated carbocycles. The fourth-order valence-electron chi connectivity index (χ4n) is 2.63. The summed E-state index contributed by atoms with van der Waals surface area (Å²) in [6.45, 7) is 4.93. The van der Waals surface area contributed by atoms with E-state index in [2.05, 4.69) is 18.2 Å². The Morgan fingerprint density at radius 2 is 1.64 bits per heavy atom. The van der Waals surface area contributed by atoms with Gasteiger partial charge in [0, 0.05) is 18.7 Å². The molecule has 0 aliphatic heterocycles. The fraction of sp³-hybridized carbons (Fsp3) is 0.316. The molecular formula is C19H23NO2. The molecule has 0 radical (unpaired) electrons. The lowest BCUT2D eigenvalue weighted by atomic mass is 10.1. The maximum Gasteiger partial charge on any atom is 0.253 e. The number of aliphatic hydroxyl groups is 1. The predicted molar refractivity (Wildman–Crippen MR) is 89.1 cm³/mol. The number of aryl methyl sites for hydroxylation is 2. The minimum absolute atomic E-state index is 0.0169. The Morgan fingerprint density at radius 1 is 1.00 bits per heavy atom. The number of hydrogen-bond donors (Lipinski definition) is 1. The van der Waals surface area contributed by atoms with Crippen LogP contribution < -0.4 is 0 Å². The molecule has 0 unspecified atom stereocenters. The summed E-state index contributed by atoms with van der Waals surface area (Å²) in [6, 6.07) is 15.9. The molecule has 0 spiro atoms. The Labute approximate surface area is 132 Å². The van der Waals surface area contributed by atoms with E-state index in [1.807, 2.05) is 44.2 Å². The number of benzene rings is 2. The zero-order valence-electron chi connectivity index (χ0n) is 13.2. The van der Waals surface area contributed by atoms with Crippen LogP contribution in [-0.2, 0) is 6.42 Å². The predicted octanol–water partition coefficient (Wildman–Crippen LogP) is 2.98. The van der Waals surface area contributed by atoms with Gasteiger partial charge in [-0.15, -0.1) is 0 Å². The number of carbonyl (C=O) groups is 1. The van der Waals surface area contributed by atoms with Crippen LogP contribution in [0.1, 0.15) is 27.0 Å². The number of rotatable bonds is 6. The quantitative estimate of drug-likeness (QED) is 0.890. The summed E-state index contributed by atoms with van der Waals surface area (Å²) in [7, 11) is 0. The highest BCUT2D eigenvalue weighted by Gasteiger charge is 2.15. The van der Waals surface area contributed by atoms with Crippen molar-refractivity contribution in [2.45, 2.75) is 20.3 Å². The van der Waals surface area contributed by atoms with Gasteiger partial charge in [0.15, 0.2) is 0 Å². The zero-order chi connectivity index (χ0) is 15.9. The standard InChI is InChI=1S/C19H23NO2/c1-15-12-16(2)14-18(13-15)19(22)20(10-11-21)9-8-17-6-4-3-5-7-17/h3-7,12-14,21H,8-11H2,1-2H3. The van der Waals surface area contributed by atoms with Crippen molar-refractivity contribution in [2.24, 2.45) is 0 Å². The summed E-state index contributed by atoms with van der Waals surface area (Å²) in [5.74, 6) is -0.0169. The smallest absolute Gasteiger partial charge is 0.253 e. The number of carbonyl (C=O) groups excluding carboxylic acids is 1. The first-order chi connectivity index (χ1) is 10.6. The molecule has 2 rings (SSSR count). The number of hydrogen-bond acceptors (Lipinski definition) is 2. The van der Waals surface area contributed by atoms with Gasteiger partial charge in [-0.2, -0.15) is 0 Å². The van der Waals surface area contributed by atoms with Crippen LogP contribution in [0.5, 0.6) is 0 Å². The van der Waals surface area contributed by atoms with Gasteiger partial charge in [0.2, 0.25) is 0 Å². The first-order valence-electron chi connectivity index (χ1n) is 7.62. The van der Waals surface area contributed by atoms with Crippen LogP contribution in [0.15, 0.2) is 48.5 Å². The Bertz CT molecular complexity index is 602. The Kier molecular flexibility index (Phi) is 5.73. The lowest BCUT2D eigenvalue weighted by Gasteiger charge is -2.22. The number of amides is 1. The van der Waals surface area contributed by atoms with E-state index in [0.29, 0.717) is 18.7 Å². The molecule has 0 aliphatic carbocycles. The molecule has 0 atom stereocenters. The van der Waals surface area contributed by atoms with E-state index in [-0.39, 0.29) is 12.5 Å². The van der Waals surface area contributed by atoms with E-state index in [0.717, 1.165) is 17.5 Å². The molecule has 0 saturated heterocycles. The van der Waals surface area contributed by atoms with E-state index >= 15 is 0 Å². The molecule has 2 aromatic carbocycles. The van der Waals surface area contributed by atoms with Crippen molar-refractivity contribution in [3.05, 3.63) is 70.8 Å². The van der Waals surface area contributed by atoms with Crippen molar-refractivity contribution < 1.29 is 9.90 Å². The molecule has 0 bridgehead atoms. The lowest BCUT2D eigenvalue weighted by molar-refractivity contribution is 0.0724. The van der Waals surface area contributed by atoms with Gasteiger partial charge in [-0.25, -0.2) is 0 Å². The van der Waals surface area contributed by atoms with Crippen LogP contribution in [0.3, 0.4) is 0 Å². The average Bonchev–Trinajstić information content (AvgIpc) is 2.51. The molecule has 0 aliphatic rings. The minimum atomic E-state index is -0.0225. The second-order valence-corrected chi connectivity index (χ2v) is 5.63. The number of nitrogens with zero attached hydrogens (tertiary/aromatic N) is 1. The van der Waals surface area contributed by atoms with Gasteiger partial charge in [0.1, 0.15) is 0 Å². The average molecular weight is 297 g/mol. The van der Waals surface area contributed by atoms with E-state index in [4.69, 9.17) is 0 Å². The zero-order valence-corrected chi connectivity index (χ0v) is 13.2. The fourth-order valence-corrected chi connectivity index (χ4v) is 2.63. The van der Waals surface area contributed by atoms with E-state index < -0.39 is 0 Å². The van der Waals surface area contributed by atoms with Gasteiger partial charge in [-0.3, -0.25) is 4.79 Å². The Hall–Kier alpha value is -2.13. The van der Waals surface area contributed by atoms with Crippen LogP contribution in [0.25, 0.3) is 0 Å². The largest absolute Gasteiger partial charge is 0.395 e. The van der Waals surface area contributed by atoms with Crippen LogP contribution in [0, 0.1) is 13.8 Å². The van der Waals surface area contributed by atoms with Gasteiger partial charge < -0.3 is 10.0 Å². The van der Waals surface area contributed by atoms with E-state index in [1.54, 1.807) is 4.90 Å². The maximum atomic E-state index is 12.7. The summed E-state index contributed by atoms with van der Waals surface area (Å²) in [4.78, 5) is 14.4. The van der Waals surface area contributed by atoms with Crippen molar-refractivity contribution in [1.29, 1.82) is 0 Å².